The Morgan fingerprint density at radius 3 is 1.38 bits per heavy atom. The highest BCUT2D eigenvalue weighted by Gasteiger charge is 2.60. The Labute approximate surface area is 430 Å². The first-order valence-electron chi connectivity index (χ1n) is 20.6. The average Bonchev–Trinajstić information content (AvgIpc) is 4.17. The van der Waals surface area contributed by atoms with E-state index in [1.54, 1.807) is 0 Å². The predicted octanol–water partition coefficient (Wildman–Crippen LogP) is -1.78. The molecule has 2 unspecified atom stereocenters. The molecule has 27 radical (unpaired) electrons. The Morgan fingerprint density at radius 1 is 0.676 bits per heavy atom. The van der Waals surface area contributed by atoms with Crippen molar-refractivity contribution >= 4 is 216 Å². The summed E-state index contributed by atoms with van der Waals surface area (Å²) < 4.78 is 83.1. The Hall–Kier alpha value is -2.10. The molecule has 2 aliphatic carbocycles. The zero-order valence-corrected chi connectivity index (χ0v) is 38.7. The maximum Gasteiger partial charge on any atom is 0.427 e. The zero-order valence-electron chi connectivity index (χ0n) is 36.4. The average molecular weight is 967 g/mol. The minimum Gasteiger partial charge on any atom is -0.392 e. The highest BCUT2D eigenvalue weighted by Crippen LogP contribution is 2.47. The summed E-state index contributed by atoms with van der Waals surface area (Å²) in [6.45, 7) is -0.330. The summed E-state index contributed by atoms with van der Waals surface area (Å²) in [7, 11) is 72.5. The van der Waals surface area contributed by atoms with Crippen molar-refractivity contribution in [1.29, 1.82) is 0 Å². The zero-order chi connectivity index (χ0) is 51.7. The van der Waals surface area contributed by atoms with E-state index in [-0.39, 0.29) is 46.8 Å². The summed E-state index contributed by atoms with van der Waals surface area (Å²) in [5, 5.41) is 17.7. The van der Waals surface area contributed by atoms with E-state index in [1.807, 2.05) is 10.6 Å². The van der Waals surface area contributed by atoms with E-state index >= 15 is 0 Å². The van der Waals surface area contributed by atoms with Crippen LogP contribution in [0.4, 0.5) is 47.3 Å². The molecule has 2 saturated carbocycles. The van der Waals surface area contributed by atoms with Crippen LogP contribution in [0.1, 0.15) is 47.9 Å². The molecule has 307 valence electrons. The number of nitrogens with one attached hydrogen (secondary N) is 4. The van der Waals surface area contributed by atoms with Crippen LogP contribution in [0.3, 0.4) is 0 Å². The van der Waals surface area contributed by atoms with Gasteiger partial charge >= 0.3 is 24.4 Å². The maximum absolute atomic E-state index is 13.8. The van der Waals surface area contributed by atoms with Crippen molar-refractivity contribution in [3.8, 4) is 23.7 Å². The monoisotopic (exact) mass is 969 g/mol. The lowest BCUT2D eigenvalue weighted by Gasteiger charge is -2.40. The number of hydrogen-bond donors (Lipinski definition) is 5. The van der Waals surface area contributed by atoms with Gasteiger partial charge in [0.05, 0.1) is 6.61 Å². The smallest absolute Gasteiger partial charge is 0.392 e. The quantitative estimate of drug-likeness (QED) is 0.0844. The molecule has 5 N–H and O–H groups in total. The summed E-state index contributed by atoms with van der Waals surface area (Å²) in [6.07, 6.45) is -12.9. The van der Waals surface area contributed by atoms with Gasteiger partial charge in [0.15, 0.2) is 0 Å². The minimum atomic E-state index is -4.76. The summed E-state index contributed by atoms with van der Waals surface area (Å²) in [5.41, 5.74) is -4.68. The second-order valence-electron chi connectivity index (χ2n) is 16.3. The van der Waals surface area contributed by atoms with Crippen molar-refractivity contribution in [3.63, 3.8) is 0 Å². The molecule has 0 aromatic heterocycles. The van der Waals surface area contributed by atoms with Crippen molar-refractivity contribution in [2.75, 3.05) is 10.6 Å². The summed E-state index contributed by atoms with van der Waals surface area (Å²) in [5.74, 6) is 9.80. The first-order valence-corrected chi connectivity index (χ1v) is 22.0. The third-order valence-electron chi connectivity index (χ3n) is 10.8. The van der Waals surface area contributed by atoms with Crippen molar-refractivity contribution in [3.05, 3.63) is 57.1 Å². The van der Waals surface area contributed by atoms with E-state index < -0.39 is 93.0 Å². The summed E-state index contributed by atoms with van der Waals surface area (Å²) >= 11 is 9.00. The fourth-order valence-electron chi connectivity index (χ4n) is 7.01. The van der Waals surface area contributed by atoms with E-state index in [1.165, 1.54) is 37.4 Å². The summed E-state index contributed by atoms with van der Waals surface area (Å²) in [6, 6.07) is 4.79. The van der Waals surface area contributed by atoms with Crippen LogP contribution in [0, 0.1) is 35.5 Å². The third kappa shape index (κ3) is 15.7. The van der Waals surface area contributed by atoms with Crippen molar-refractivity contribution in [2.45, 2.75) is 61.6 Å². The van der Waals surface area contributed by atoms with Gasteiger partial charge in [0.1, 0.15) is 0 Å². The number of halogens is 8. The molecule has 0 spiro atoms. The Bertz CT molecular complexity index is 2160. The van der Waals surface area contributed by atoms with E-state index in [0.717, 1.165) is 25.7 Å². The number of aliphatic hydroxyl groups excluding tert-OH is 1. The van der Waals surface area contributed by atoms with Crippen LogP contribution in [0.25, 0.3) is 0 Å². The number of alkyl halides is 7. The number of aliphatic hydroxyl groups is 1. The number of fused-ring (bicyclic) bond motifs is 2. The third-order valence-corrected chi connectivity index (χ3v) is 11.8. The van der Waals surface area contributed by atoms with Crippen LogP contribution >= 0.6 is 27.5 Å². The number of urea groups is 2. The van der Waals surface area contributed by atoms with Crippen molar-refractivity contribution in [2.24, 2.45) is 11.8 Å². The van der Waals surface area contributed by atoms with Gasteiger partial charge < -0.3 is 26.4 Å². The second kappa shape index (κ2) is 25.5. The van der Waals surface area contributed by atoms with Crippen molar-refractivity contribution < 1.29 is 41.0 Å². The fraction of sp³-hybridized carbons (Fsp3) is 0.400. The van der Waals surface area contributed by atoms with Gasteiger partial charge in [0.2, 0.25) is 11.1 Å². The first-order chi connectivity index (χ1) is 31.5. The number of hydrogen-bond acceptors (Lipinski definition) is 3. The highest BCUT2D eigenvalue weighted by atomic mass is 79.9. The fourth-order valence-corrected chi connectivity index (χ4v) is 7.87. The lowest BCUT2D eigenvalue weighted by Crippen LogP contribution is -2.78. The van der Waals surface area contributed by atoms with Crippen LogP contribution < -0.4 is 21.3 Å². The molecule has 68 heavy (non-hydrogen) atoms. The normalized spacial score (nSPS) is 18.4. The number of rotatable bonds is 10. The van der Waals surface area contributed by atoms with Gasteiger partial charge in [-0.15, -0.1) is 11.6 Å². The number of anilines is 2. The Kier molecular flexibility index (Phi) is 22.6. The predicted molar refractivity (Wildman–Crippen MR) is 289 cm³/mol. The SMILES string of the molecule is O=C1Nc2cc(CCl)c(Br)cc2C(C#CC2CC2)(C(F)(F)F)N1.O=C1Nc2cc(CO)ccc2C(C#CC2CC2)(C(F)(F)F)N1.[B]B([B])B(B([B])[B])B(B([B])[B])B(B([B])[B])B([B])[B].[B][B]B([B])[B]. The molecule has 0 saturated heterocycles. The lowest BCUT2D eigenvalue weighted by molar-refractivity contribution is -0.179. The van der Waals surface area contributed by atoms with Crippen LogP contribution in [-0.4, -0.2) is 195 Å². The Balaban J connectivity index is 0.000000259. The molecule has 2 fully saturated rings. The molecule has 6 rings (SSSR count). The van der Waals surface area contributed by atoms with E-state index in [9.17, 15) is 35.9 Å². The first kappa shape index (κ1) is 60.2. The van der Waals surface area contributed by atoms with Gasteiger partial charge in [-0.3, -0.25) is 0 Å². The van der Waals surface area contributed by atoms with Gasteiger partial charge in [-0.2, -0.15) is 26.3 Å². The number of amides is 4. The summed E-state index contributed by atoms with van der Waals surface area (Å²) in [4.78, 5) is 23.5. The van der Waals surface area contributed by atoms with Crippen LogP contribution in [-0.2, 0) is 23.6 Å². The minimum absolute atomic E-state index is 0.0118. The number of carbonyl (C=O) groups excluding carboxylic acids is 2. The number of carbonyl (C=O) groups is 2. The molecule has 4 aliphatic rings. The molecule has 2 aromatic carbocycles. The molecule has 0 bridgehead atoms. The number of benzene rings is 2. The molecule has 2 heterocycles. The second-order valence-corrected chi connectivity index (χ2v) is 17.4. The molecular formula is C30H24B23BrClF6N4O3. The standard InChI is InChI=1S/C15H11BrClF3N2O.C15H13F3N2O2.B18.B5/c16-11-6-10-12(5-9(11)7-17)21-13(23)22-14(10,15(18,19)20)4-3-8-1-2-8;16-15(17,18)14(6-5-9-1-2-9)11-4-3-10(8-21)7-12(11)19-13(22)20-14;1-11(2)16(12(3)4)18(15(9)10)17(13(5)6)14(7)8;1-4-5(2)3/h5-6,8H,1-2,7H2,(H2,21,22,23);3-4,7,9,21H,1-2,8H2,(H2,19,20,22);;. The van der Waals surface area contributed by atoms with Gasteiger partial charge in [0.25, 0.3) is 0 Å². The molecule has 2 aromatic rings. The van der Waals surface area contributed by atoms with E-state index in [2.05, 4.69) is 50.2 Å². The van der Waals surface area contributed by atoms with Crippen LogP contribution in [0.5, 0.6) is 0 Å². The van der Waals surface area contributed by atoms with Crippen molar-refractivity contribution in [1.82, 2.24) is 10.6 Å². The van der Waals surface area contributed by atoms with Gasteiger partial charge in [-0.05, 0) is 55.0 Å². The van der Waals surface area contributed by atoms with E-state index in [4.69, 9.17) is 117 Å². The largest absolute Gasteiger partial charge is 0.427 e. The van der Waals surface area contributed by atoms with Gasteiger partial charge in [-0.25, -0.2) is 9.59 Å². The molecule has 4 amide bonds. The maximum atomic E-state index is 13.8. The lowest BCUT2D eigenvalue weighted by atomic mass is 8.41. The van der Waals surface area contributed by atoms with Crippen LogP contribution in [0.2, 0.25) is 0 Å². The van der Waals surface area contributed by atoms with Gasteiger partial charge in [-0.1, -0.05) is 51.7 Å². The molecule has 38 heteroatoms. The molecule has 2 atom stereocenters. The Morgan fingerprint density at radius 2 is 1.06 bits per heavy atom. The molecular weight excluding hydrogens is 942 g/mol. The topological polar surface area (TPSA) is 102 Å². The van der Waals surface area contributed by atoms with Crippen LogP contribution in [0.15, 0.2) is 34.8 Å². The van der Waals surface area contributed by atoms with E-state index in [0.29, 0.717) is 15.6 Å². The molecule has 2 aliphatic heterocycles. The highest BCUT2D eigenvalue weighted by molar-refractivity contribution is 9.10. The van der Waals surface area contributed by atoms with Gasteiger partial charge in [0, 0.05) is 210 Å². The molecule has 7 nitrogen and oxygen atoms in total.